The summed E-state index contributed by atoms with van der Waals surface area (Å²) in [5.41, 5.74) is -0.0973. The highest BCUT2D eigenvalue weighted by atomic mass is 16.1. The zero-order chi connectivity index (χ0) is 11.4. The maximum atomic E-state index is 11.3. The van der Waals surface area contributed by atoms with E-state index in [9.17, 15) is 4.79 Å². The monoisotopic (exact) mass is 209 g/mol. The van der Waals surface area contributed by atoms with Crippen LogP contribution in [0.15, 0.2) is 10.9 Å². The summed E-state index contributed by atoms with van der Waals surface area (Å²) in [7, 11) is 0. The SMILES string of the molecule is CC(C)CNc1cc(=O)[nH]c(C(C)C)n1. The summed E-state index contributed by atoms with van der Waals surface area (Å²) in [6.07, 6.45) is 0. The highest BCUT2D eigenvalue weighted by Gasteiger charge is 2.04. The average Bonchev–Trinajstić information content (AvgIpc) is 2.13. The van der Waals surface area contributed by atoms with Crippen LogP contribution in [-0.2, 0) is 0 Å². The Morgan fingerprint density at radius 2 is 2.07 bits per heavy atom. The maximum Gasteiger partial charge on any atom is 0.252 e. The molecule has 84 valence electrons. The number of aromatic amines is 1. The zero-order valence-corrected chi connectivity index (χ0v) is 9.79. The third-order valence-electron chi connectivity index (χ3n) is 2.00. The van der Waals surface area contributed by atoms with Crippen LogP contribution in [0.4, 0.5) is 5.82 Å². The molecule has 1 aromatic rings. The number of nitrogens with zero attached hydrogens (tertiary/aromatic N) is 1. The maximum absolute atomic E-state index is 11.3. The lowest BCUT2D eigenvalue weighted by Gasteiger charge is -2.10. The molecule has 0 bridgehead atoms. The Kier molecular flexibility index (Phi) is 3.88. The highest BCUT2D eigenvalue weighted by Crippen LogP contribution is 2.09. The fourth-order valence-electron chi connectivity index (χ4n) is 1.15. The smallest absolute Gasteiger partial charge is 0.252 e. The van der Waals surface area contributed by atoms with E-state index in [2.05, 4.69) is 29.1 Å². The van der Waals surface area contributed by atoms with Crippen molar-refractivity contribution in [2.75, 3.05) is 11.9 Å². The molecule has 0 saturated carbocycles. The summed E-state index contributed by atoms with van der Waals surface area (Å²) in [5, 5.41) is 3.15. The third-order valence-corrected chi connectivity index (χ3v) is 2.00. The van der Waals surface area contributed by atoms with Gasteiger partial charge in [-0.25, -0.2) is 4.98 Å². The molecular formula is C11H19N3O. The van der Waals surface area contributed by atoms with Crippen molar-refractivity contribution in [2.45, 2.75) is 33.6 Å². The van der Waals surface area contributed by atoms with Gasteiger partial charge in [-0.2, -0.15) is 0 Å². The Morgan fingerprint density at radius 3 is 2.60 bits per heavy atom. The van der Waals surface area contributed by atoms with Crippen LogP contribution >= 0.6 is 0 Å². The minimum absolute atomic E-state index is 0.0973. The minimum Gasteiger partial charge on any atom is -0.370 e. The molecule has 0 radical (unpaired) electrons. The van der Waals surface area contributed by atoms with Crippen LogP contribution in [0.2, 0.25) is 0 Å². The molecule has 1 rings (SSSR count). The Balaban J connectivity index is 2.84. The molecule has 0 aromatic carbocycles. The van der Waals surface area contributed by atoms with Gasteiger partial charge in [0.2, 0.25) is 0 Å². The van der Waals surface area contributed by atoms with Crippen LogP contribution in [0.1, 0.15) is 39.4 Å². The molecule has 1 heterocycles. The molecule has 0 saturated heterocycles. The van der Waals surface area contributed by atoms with Gasteiger partial charge < -0.3 is 10.3 Å². The second-order valence-corrected chi connectivity index (χ2v) is 4.45. The number of nitrogens with one attached hydrogen (secondary N) is 2. The number of hydrogen-bond acceptors (Lipinski definition) is 3. The topological polar surface area (TPSA) is 57.8 Å². The predicted octanol–water partition coefficient (Wildman–Crippen LogP) is 1.96. The number of aromatic nitrogens is 2. The van der Waals surface area contributed by atoms with E-state index in [-0.39, 0.29) is 11.5 Å². The number of hydrogen-bond donors (Lipinski definition) is 2. The lowest BCUT2D eigenvalue weighted by Crippen LogP contribution is -2.16. The molecule has 2 N–H and O–H groups in total. The van der Waals surface area contributed by atoms with Crippen molar-refractivity contribution in [1.82, 2.24) is 9.97 Å². The second-order valence-electron chi connectivity index (χ2n) is 4.45. The van der Waals surface area contributed by atoms with Crippen LogP contribution in [0.25, 0.3) is 0 Å². The van der Waals surface area contributed by atoms with Crippen molar-refractivity contribution >= 4 is 5.82 Å². The summed E-state index contributed by atoms with van der Waals surface area (Å²) < 4.78 is 0. The van der Waals surface area contributed by atoms with E-state index >= 15 is 0 Å². The van der Waals surface area contributed by atoms with Gasteiger partial charge >= 0.3 is 0 Å². The first-order chi connectivity index (χ1) is 6.99. The van der Waals surface area contributed by atoms with Crippen molar-refractivity contribution in [3.63, 3.8) is 0 Å². The van der Waals surface area contributed by atoms with Crippen LogP contribution in [0.5, 0.6) is 0 Å². The lowest BCUT2D eigenvalue weighted by atomic mass is 10.2. The second kappa shape index (κ2) is 4.96. The average molecular weight is 209 g/mol. The fraction of sp³-hybridized carbons (Fsp3) is 0.636. The van der Waals surface area contributed by atoms with Crippen LogP contribution in [0.3, 0.4) is 0 Å². The standard InChI is InChI=1S/C11H19N3O/c1-7(2)6-12-9-5-10(15)14-11(13-9)8(3)4/h5,7-8H,6H2,1-4H3,(H2,12,13,14,15). The quantitative estimate of drug-likeness (QED) is 0.797. The van der Waals surface area contributed by atoms with Crippen molar-refractivity contribution in [3.8, 4) is 0 Å². The molecule has 4 nitrogen and oxygen atoms in total. The predicted molar refractivity (Wildman–Crippen MR) is 62.3 cm³/mol. The third kappa shape index (κ3) is 3.73. The molecule has 1 aromatic heterocycles. The van der Waals surface area contributed by atoms with E-state index in [1.165, 1.54) is 6.07 Å². The molecule has 0 aliphatic heterocycles. The first-order valence-electron chi connectivity index (χ1n) is 5.34. The Bertz CT molecular complexity index is 368. The van der Waals surface area contributed by atoms with Gasteiger partial charge in [0.1, 0.15) is 11.6 Å². The summed E-state index contributed by atoms with van der Waals surface area (Å²) in [6, 6.07) is 1.49. The zero-order valence-electron chi connectivity index (χ0n) is 9.79. The molecule has 0 aliphatic rings. The van der Waals surface area contributed by atoms with Gasteiger partial charge in [0.25, 0.3) is 5.56 Å². The Hall–Kier alpha value is -1.32. The van der Waals surface area contributed by atoms with Gasteiger partial charge in [-0.3, -0.25) is 4.79 Å². The van der Waals surface area contributed by atoms with E-state index in [4.69, 9.17) is 0 Å². The molecule has 4 heteroatoms. The first kappa shape index (κ1) is 11.8. The van der Waals surface area contributed by atoms with Crippen molar-refractivity contribution < 1.29 is 0 Å². The molecular weight excluding hydrogens is 190 g/mol. The Morgan fingerprint density at radius 1 is 1.40 bits per heavy atom. The van der Waals surface area contributed by atoms with Crippen LogP contribution in [-0.4, -0.2) is 16.5 Å². The van der Waals surface area contributed by atoms with Gasteiger partial charge in [0.05, 0.1) is 0 Å². The number of H-pyrrole nitrogens is 1. The lowest BCUT2D eigenvalue weighted by molar-refractivity contribution is 0.684. The summed E-state index contributed by atoms with van der Waals surface area (Å²) in [5.74, 6) is 2.16. The van der Waals surface area contributed by atoms with Crippen LogP contribution in [0, 0.1) is 5.92 Å². The van der Waals surface area contributed by atoms with Crippen molar-refractivity contribution in [1.29, 1.82) is 0 Å². The van der Waals surface area contributed by atoms with Gasteiger partial charge in [-0.15, -0.1) is 0 Å². The largest absolute Gasteiger partial charge is 0.370 e. The van der Waals surface area contributed by atoms with E-state index in [0.29, 0.717) is 11.7 Å². The van der Waals surface area contributed by atoms with E-state index < -0.39 is 0 Å². The molecule has 0 fully saturated rings. The number of rotatable bonds is 4. The van der Waals surface area contributed by atoms with Gasteiger partial charge in [0.15, 0.2) is 0 Å². The Labute approximate surface area is 90.1 Å². The minimum atomic E-state index is -0.0973. The van der Waals surface area contributed by atoms with Gasteiger partial charge in [-0.1, -0.05) is 27.7 Å². The summed E-state index contributed by atoms with van der Waals surface area (Å²) in [6.45, 7) is 9.07. The molecule has 0 amide bonds. The normalized spacial score (nSPS) is 11.1. The highest BCUT2D eigenvalue weighted by molar-refractivity contribution is 5.33. The first-order valence-corrected chi connectivity index (χ1v) is 5.34. The van der Waals surface area contributed by atoms with Gasteiger partial charge in [-0.05, 0) is 5.92 Å². The van der Waals surface area contributed by atoms with Gasteiger partial charge in [0, 0.05) is 18.5 Å². The van der Waals surface area contributed by atoms with E-state index in [1.54, 1.807) is 0 Å². The van der Waals surface area contributed by atoms with Crippen LogP contribution < -0.4 is 10.9 Å². The van der Waals surface area contributed by atoms with Crippen molar-refractivity contribution in [3.05, 3.63) is 22.2 Å². The molecule has 0 atom stereocenters. The van der Waals surface area contributed by atoms with Crippen molar-refractivity contribution in [2.24, 2.45) is 5.92 Å². The molecule has 15 heavy (non-hydrogen) atoms. The fourth-order valence-corrected chi connectivity index (χ4v) is 1.15. The summed E-state index contributed by atoms with van der Waals surface area (Å²) in [4.78, 5) is 18.4. The summed E-state index contributed by atoms with van der Waals surface area (Å²) >= 11 is 0. The number of anilines is 1. The molecule has 0 aliphatic carbocycles. The molecule has 0 unspecified atom stereocenters. The molecule has 0 spiro atoms. The van der Waals surface area contributed by atoms with E-state index in [0.717, 1.165) is 12.4 Å². The van der Waals surface area contributed by atoms with E-state index in [1.807, 2.05) is 13.8 Å².